The molecule has 0 radical (unpaired) electrons. The van der Waals surface area contributed by atoms with Gasteiger partial charge in [-0.25, -0.2) is 0 Å². The number of halogens is 1. The zero-order valence-corrected chi connectivity index (χ0v) is 13.1. The Bertz CT molecular complexity index is 538. The first-order valence-corrected chi connectivity index (χ1v) is 7.71. The number of fused-ring (bicyclic) bond motifs is 1. The van der Waals surface area contributed by atoms with E-state index in [2.05, 4.69) is 31.3 Å². The fourth-order valence-electron chi connectivity index (χ4n) is 2.07. The zero-order valence-electron chi connectivity index (χ0n) is 11.6. The molecule has 4 heteroatoms. The third-order valence-corrected chi connectivity index (χ3v) is 4.99. The topological polar surface area (TPSA) is 21.3 Å². The molecule has 2 nitrogen and oxygen atoms in total. The minimum atomic E-state index is 0.353. The molecule has 104 valence electrons. The highest BCUT2D eigenvalue weighted by Crippen LogP contribution is 2.35. The molecule has 0 saturated heterocycles. The summed E-state index contributed by atoms with van der Waals surface area (Å²) in [5.41, 5.74) is 0. The number of methoxy groups -OCH3 is 1. The normalized spacial score (nSPS) is 13.3. The molecule has 0 aliphatic heterocycles. The van der Waals surface area contributed by atoms with E-state index < -0.39 is 0 Å². The summed E-state index contributed by atoms with van der Waals surface area (Å²) in [7, 11) is 1.74. The van der Waals surface area contributed by atoms with E-state index in [9.17, 15) is 0 Å². The van der Waals surface area contributed by atoms with Crippen LogP contribution in [0.1, 0.15) is 18.7 Å². The van der Waals surface area contributed by atoms with Crippen molar-refractivity contribution in [3.63, 3.8) is 0 Å². The second-order valence-corrected chi connectivity index (χ2v) is 6.54. The Morgan fingerprint density at radius 1 is 1.32 bits per heavy atom. The van der Waals surface area contributed by atoms with Crippen LogP contribution in [-0.4, -0.2) is 19.8 Å². The van der Waals surface area contributed by atoms with Crippen molar-refractivity contribution >= 4 is 33.0 Å². The maximum atomic E-state index is 6.44. The quantitative estimate of drug-likeness (QED) is 0.857. The number of thiophene rings is 1. The van der Waals surface area contributed by atoms with E-state index in [-0.39, 0.29) is 0 Å². The van der Waals surface area contributed by atoms with Crippen LogP contribution in [0.2, 0.25) is 5.02 Å². The van der Waals surface area contributed by atoms with Gasteiger partial charge in [-0.15, -0.1) is 11.3 Å². The van der Waals surface area contributed by atoms with E-state index in [1.807, 2.05) is 12.1 Å². The average molecular weight is 298 g/mol. The van der Waals surface area contributed by atoms with Crippen LogP contribution < -0.4 is 5.32 Å². The molecule has 0 fully saturated rings. The molecule has 0 amide bonds. The molecule has 1 aromatic carbocycles. The van der Waals surface area contributed by atoms with E-state index in [1.165, 1.54) is 9.58 Å². The molecule has 1 N–H and O–H groups in total. The fourth-order valence-corrected chi connectivity index (χ4v) is 3.52. The lowest BCUT2D eigenvalue weighted by Gasteiger charge is -2.21. The summed E-state index contributed by atoms with van der Waals surface area (Å²) in [4.78, 5) is 1.20. The summed E-state index contributed by atoms with van der Waals surface area (Å²) in [6, 6.07) is 8.62. The molecular weight excluding hydrogens is 278 g/mol. The van der Waals surface area contributed by atoms with Crippen molar-refractivity contribution in [3.8, 4) is 0 Å². The molecule has 19 heavy (non-hydrogen) atoms. The van der Waals surface area contributed by atoms with Crippen LogP contribution >= 0.6 is 22.9 Å². The summed E-state index contributed by atoms with van der Waals surface area (Å²) < 4.78 is 6.50. The predicted molar refractivity (Wildman–Crippen MR) is 84.2 cm³/mol. The molecule has 2 aromatic rings. The lowest BCUT2D eigenvalue weighted by Crippen LogP contribution is -2.37. The van der Waals surface area contributed by atoms with Crippen molar-refractivity contribution in [1.29, 1.82) is 0 Å². The predicted octanol–water partition coefficient (Wildman–Crippen LogP) is 4.32. The summed E-state index contributed by atoms with van der Waals surface area (Å²) in [6.45, 7) is 5.91. The molecular formula is C15H20ClNOS. The van der Waals surface area contributed by atoms with Gasteiger partial charge < -0.3 is 10.1 Å². The molecule has 1 unspecified atom stereocenters. The SMILES string of the molecule is COCC(NCc1sc2ccccc2c1Cl)C(C)C. The number of ether oxygens (including phenoxy) is 1. The summed E-state index contributed by atoms with van der Waals surface area (Å²) >= 11 is 8.20. The standard InChI is InChI=1S/C15H20ClNOS/c1-10(2)12(9-18-3)17-8-14-15(16)11-6-4-5-7-13(11)19-14/h4-7,10,12,17H,8-9H2,1-3H3. The van der Waals surface area contributed by atoms with Crippen LogP contribution in [0, 0.1) is 5.92 Å². The van der Waals surface area contributed by atoms with Crippen molar-refractivity contribution in [3.05, 3.63) is 34.2 Å². The van der Waals surface area contributed by atoms with Gasteiger partial charge >= 0.3 is 0 Å². The highest BCUT2D eigenvalue weighted by atomic mass is 35.5. The number of hydrogen-bond acceptors (Lipinski definition) is 3. The van der Waals surface area contributed by atoms with Gasteiger partial charge in [0.15, 0.2) is 0 Å². The van der Waals surface area contributed by atoms with Crippen LogP contribution in [0.5, 0.6) is 0 Å². The summed E-state index contributed by atoms with van der Waals surface area (Å²) in [6.07, 6.45) is 0. The van der Waals surface area contributed by atoms with Crippen LogP contribution in [0.4, 0.5) is 0 Å². The first kappa shape index (κ1) is 14.8. The molecule has 1 aromatic heterocycles. The van der Waals surface area contributed by atoms with Crippen LogP contribution in [0.25, 0.3) is 10.1 Å². The van der Waals surface area contributed by atoms with Crippen molar-refractivity contribution < 1.29 is 4.74 Å². The van der Waals surface area contributed by atoms with Crippen LogP contribution in [-0.2, 0) is 11.3 Å². The highest BCUT2D eigenvalue weighted by molar-refractivity contribution is 7.19. The number of rotatable bonds is 6. The molecule has 2 rings (SSSR count). The van der Waals surface area contributed by atoms with Crippen LogP contribution in [0.15, 0.2) is 24.3 Å². The van der Waals surface area contributed by atoms with Gasteiger partial charge in [0, 0.05) is 34.7 Å². The van der Waals surface area contributed by atoms with E-state index in [4.69, 9.17) is 16.3 Å². The molecule has 1 atom stereocenters. The number of hydrogen-bond donors (Lipinski definition) is 1. The third kappa shape index (κ3) is 3.48. The third-order valence-electron chi connectivity index (χ3n) is 3.28. The molecule has 1 heterocycles. The van der Waals surface area contributed by atoms with Gasteiger partial charge in [0.1, 0.15) is 0 Å². The minimum absolute atomic E-state index is 0.353. The van der Waals surface area contributed by atoms with Gasteiger partial charge in [-0.3, -0.25) is 0 Å². The van der Waals surface area contributed by atoms with Crippen molar-refractivity contribution in [2.75, 3.05) is 13.7 Å². The van der Waals surface area contributed by atoms with E-state index in [0.717, 1.165) is 23.6 Å². The Hall–Kier alpha value is -0.610. The minimum Gasteiger partial charge on any atom is -0.383 e. The van der Waals surface area contributed by atoms with Gasteiger partial charge in [-0.2, -0.15) is 0 Å². The Morgan fingerprint density at radius 3 is 2.68 bits per heavy atom. The second kappa shape index (κ2) is 6.71. The monoisotopic (exact) mass is 297 g/mol. The van der Waals surface area contributed by atoms with Crippen molar-refractivity contribution in [2.24, 2.45) is 5.92 Å². The Kier molecular flexibility index (Phi) is 5.22. The van der Waals surface area contributed by atoms with Gasteiger partial charge in [0.05, 0.1) is 11.6 Å². The summed E-state index contributed by atoms with van der Waals surface area (Å²) in [5, 5.41) is 5.57. The molecule has 0 aliphatic rings. The Labute approximate surface area is 123 Å². The number of benzene rings is 1. The van der Waals surface area contributed by atoms with Gasteiger partial charge in [0.25, 0.3) is 0 Å². The first-order valence-electron chi connectivity index (χ1n) is 6.51. The molecule has 0 aliphatic carbocycles. The van der Waals surface area contributed by atoms with Crippen molar-refractivity contribution in [1.82, 2.24) is 5.32 Å². The molecule has 0 bridgehead atoms. The van der Waals surface area contributed by atoms with E-state index in [1.54, 1.807) is 18.4 Å². The summed E-state index contributed by atoms with van der Waals surface area (Å²) in [5.74, 6) is 0.535. The van der Waals surface area contributed by atoms with Crippen LogP contribution in [0.3, 0.4) is 0 Å². The Morgan fingerprint density at radius 2 is 2.05 bits per heavy atom. The smallest absolute Gasteiger partial charge is 0.0636 e. The van der Waals surface area contributed by atoms with E-state index in [0.29, 0.717) is 12.0 Å². The average Bonchev–Trinajstić information content (AvgIpc) is 2.72. The zero-order chi connectivity index (χ0) is 13.8. The maximum Gasteiger partial charge on any atom is 0.0636 e. The van der Waals surface area contributed by atoms with E-state index >= 15 is 0 Å². The lowest BCUT2D eigenvalue weighted by molar-refractivity contribution is 0.146. The van der Waals surface area contributed by atoms with Gasteiger partial charge in [-0.05, 0) is 12.0 Å². The fraction of sp³-hybridized carbons (Fsp3) is 0.467. The maximum absolute atomic E-state index is 6.44. The van der Waals surface area contributed by atoms with Crippen molar-refractivity contribution in [2.45, 2.75) is 26.4 Å². The first-order chi connectivity index (χ1) is 9.13. The molecule has 0 saturated carbocycles. The Balaban J connectivity index is 2.10. The number of nitrogens with one attached hydrogen (secondary N) is 1. The second-order valence-electron chi connectivity index (χ2n) is 5.02. The lowest BCUT2D eigenvalue weighted by atomic mass is 10.1. The highest BCUT2D eigenvalue weighted by Gasteiger charge is 2.15. The largest absolute Gasteiger partial charge is 0.383 e. The van der Waals surface area contributed by atoms with Gasteiger partial charge in [-0.1, -0.05) is 43.6 Å². The molecule has 0 spiro atoms. The van der Waals surface area contributed by atoms with Gasteiger partial charge in [0.2, 0.25) is 0 Å².